The molecule has 4 rings (SSSR count). The number of aromatic nitrogens is 1. The van der Waals surface area contributed by atoms with Crippen LogP contribution in [0, 0.1) is 5.82 Å². The van der Waals surface area contributed by atoms with E-state index in [0.717, 1.165) is 6.07 Å². The van der Waals surface area contributed by atoms with Gasteiger partial charge in [0.25, 0.3) is 0 Å². The smallest absolute Gasteiger partial charge is 0.399 e. The third-order valence-electron chi connectivity index (χ3n) is 7.59. The molecule has 17 nitrogen and oxygen atoms in total. The average Bonchev–Trinajstić information content (AvgIpc) is 3.07. The first-order valence-corrected chi connectivity index (χ1v) is 18.9. The van der Waals surface area contributed by atoms with E-state index in [1.807, 2.05) is 11.8 Å². The number of aromatic carboxylic acids is 1. The number of anilines is 1. The molecule has 0 saturated carbocycles. The van der Waals surface area contributed by atoms with Crippen LogP contribution in [0.1, 0.15) is 57.4 Å². The number of hydrogen-bond acceptors (Lipinski definition) is 15. The van der Waals surface area contributed by atoms with Crippen molar-refractivity contribution in [3.63, 3.8) is 0 Å². The largest absolute Gasteiger partial charge is 0.487 e. The van der Waals surface area contributed by atoms with Crippen molar-refractivity contribution in [2.45, 2.75) is 52.5 Å². The zero-order valence-corrected chi connectivity index (χ0v) is 29.2. The number of ether oxygens (including phenoxy) is 1. The van der Waals surface area contributed by atoms with Crippen molar-refractivity contribution in [1.82, 2.24) is 9.47 Å². The number of benzene rings is 1. The van der Waals surface area contributed by atoms with E-state index in [9.17, 15) is 23.8 Å². The van der Waals surface area contributed by atoms with Crippen molar-refractivity contribution in [2.75, 3.05) is 70.7 Å². The highest BCUT2D eigenvalue weighted by Gasteiger charge is 2.55. The highest BCUT2D eigenvalue weighted by atomic mass is 31.2. The summed E-state index contributed by atoms with van der Waals surface area (Å²) in [6.07, 6.45) is 1.12. The molecule has 1 unspecified atom stereocenters. The third-order valence-corrected chi connectivity index (χ3v) is 12.5. The van der Waals surface area contributed by atoms with E-state index in [2.05, 4.69) is 0 Å². The molecule has 1 fully saturated rings. The van der Waals surface area contributed by atoms with Crippen molar-refractivity contribution >= 4 is 37.8 Å². The van der Waals surface area contributed by atoms with Gasteiger partial charge in [0.1, 0.15) is 17.9 Å². The fraction of sp³-hybridized carbons (Fsp3) is 0.643. The maximum atomic E-state index is 15.7. The molecule has 0 spiro atoms. The molecule has 1 N–H and O–H groups in total. The molecule has 270 valence electrons. The summed E-state index contributed by atoms with van der Waals surface area (Å²) in [6.45, 7) is 9.70. The highest BCUT2D eigenvalue weighted by Crippen LogP contribution is 2.72. The first-order chi connectivity index (χ1) is 22.9. The van der Waals surface area contributed by atoms with Crippen molar-refractivity contribution in [3.05, 3.63) is 33.9 Å². The number of piperazine rings is 1. The van der Waals surface area contributed by atoms with Crippen molar-refractivity contribution in [1.29, 1.82) is 0 Å². The quantitative estimate of drug-likeness (QED) is 0.117. The van der Waals surface area contributed by atoms with E-state index >= 15 is 4.39 Å². The minimum atomic E-state index is -4.54. The van der Waals surface area contributed by atoms with Crippen LogP contribution in [0.2, 0.25) is 0 Å². The van der Waals surface area contributed by atoms with E-state index in [4.69, 9.17) is 43.0 Å². The number of carboxylic acid groups (broad SMARTS) is 1. The number of nitrogens with zero attached hydrogens (tertiary/aromatic N) is 3. The summed E-state index contributed by atoms with van der Waals surface area (Å²) in [5.41, 5.74) is -0.769. The topological polar surface area (TPSA) is 183 Å². The molecule has 2 aromatic rings. The van der Waals surface area contributed by atoms with Gasteiger partial charge < -0.3 is 19.3 Å². The minimum Gasteiger partial charge on any atom is -0.487 e. The fourth-order valence-corrected chi connectivity index (χ4v) is 9.54. The lowest BCUT2D eigenvalue weighted by atomic mass is 10.1. The average molecular weight is 726 g/mol. The monoisotopic (exact) mass is 725 g/mol. The van der Waals surface area contributed by atoms with Crippen LogP contribution in [0.15, 0.2) is 17.1 Å². The Hall–Kier alpha value is -2.47. The van der Waals surface area contributed by atoms with Gasteiger partial charge in [0.2, 0.25) is 5.43 Å². The van der Waals surface area contributed by atoms with Crippen LogP contribution in [0.5, 0.6) is 5.75 Å². The number of carboxylic acids is 1. The molecule has 0 radical (unpaired) electrons. The Bertz CT molecular complexity index is 1530. The van der Waals surface area contributed by atoms with Crippen LogP contribution in [0.3, 0.4) is 0 Å². The second-order valence-corrected chi connectivity index (χ2v) is 15.2. The molecule has 20 heteroatoms. The Balaban J connectivity index is 1.58. The predicted octanol–water partition coefficient (Wildman–Crippen LogP) is 4.89. The van der Waals surface area contributed by atoms with Gasteiger partial charge in [0.05, 0.1) is 43.4 Å². The standard InChI is InChI=1S/C28H42FN3O14P2/c1-6-39-43-47(36,44-40-7-2)23(48(37,45-41-8-3)46-42-9-4)10-11-30-12-14-31(15-13-30)25-22(29)16-20-24-27(25)38-18-19(5)32(24)17-21(26(20)33)28(34)35/h16-17,19,23H,6-15,18H2,1-5H3,(H,34,35). The molecule has 1 aromatic heterocycles. The lowest BCUT2D eigenvalue weighted by molar-refractivity contribution is -0.272. The lowest BCUT2D eigenvalue weighted by Crippen LogP contribution is -2.47. The summed E-state index contributed by atoms with van der Waals surface area (Å²) in [7, 11) is -9.07. The number of halogens is 1. The van der Waals surface area contributed by atoms with Crippen LogP contribution < -0.4 is 15.1 Å². The molecular formula is C28H42FN3O14P2. The van der Waals surface area contributed by atoms with Gasteiger partial charge in [-0.05, 0) is 53.7 Å². The Morgan fingerprint density at radius 3 is 1.96 bits per heavy atom. The molecule has 1 aromatic carbocycles. The van der Waals surface area contributed by atoms with Gasteiger partial charge in [0, 0.05) is 32.4 Å². The van der Waals surface area contributed by atoms with Crippen LogP contribution in [-0.4, -0.2) is 91.7 Å². The molecule has 0 amide bonds. The number of pyridine rings is 1. The van der Waals surface area contributed by atoms with Gasteiger partial charge >= 0.3 is 21.2 Å². The second-order valence-electron chi connectivity index (χ2n) is 10.8. The molecule has 3 heterocycles. The summed E-state index contributed by atoms with van der Waals surface area (Å²) in [6, 6.07) is 0.756. The maximum Gasteiger partial charge on any atom is 0.399 e. The number of carbonyl (C=O) groups is 1. The zero-order chi connectivity index (χ0) is 35.1. The molecule has 2 aliphatic heterocycles. The van der Waals surface area contributed by atoms with Crippen LogP contribution >= 0.6 is 15.2 Å². The van der Waals surface area contributed by atoms with Crippen LogP contribution in [0.25, 0.3) is 10.9 Å². The molecule has 0 bridgehead atoms. The molecule has 1 saturated heterocycles. The number of hydrogen-bond donors (Lipinski definition) is 1. The Kier molecular flexibility index (Phi) is 13.5. The van der Waals surface area contributed by atoms with Gasteiger partial charge in [-0.2, -0.15) is 0 Å². The second kappa shape index (κ2) is 17.0. The first-order valence-electron chi connectivity index (χ1n) is 15.6. The van der Waals surface area contributed by atoms with Crippen LogP contribution in [0.4, 0.5) is 10.1 Å². The SMILES string of the molecule is CCOOP(=O)(OOCC)C(CCN1CCN(c2c(F)cc3c(=O)c(C(=O)O)cn4c3c2OCC4C)CC1)P(=O)(OOCC)OOCC. The van der Waals surface area contributed by atoms with E-state index in [1.165, 1.54) is 6.20 Å². The van der Waals surface area contributed by atoms with E-state index in [0.29, 0.717) is 31.7 Å². The van der Waals surface area contributed by atoms with Crippen molar-refractivity contribution in [3.8, 4) is 5.75 Å². The molecule has 1 atom stereocenters. The van der Waals surface area contributed by atoms with Gasteiger partial charge in [0.15, 0.2) is 17.0 Å². The van der Waals surface area contributed by atoms with E-state index in [-0.39, 0.29) is 68.9 Å². The van der Waals surface area contributed by atoms with Crippen LogP contribution in [-0.2, 0) is 47.4 Å². The summed E-state index contributed by atoms with van der Waals surface area (Å²) >= 11 is 0. The summed E-state index contributed by atoms with van der Waals surface area (Å²) in [5.74, 6) is -1.96. The molecular weight excluding hydrogens is 683 g/mol. The lowest BCUT2D eigenvalue weighted by Gasteiger charge is -2.39. The van der Waals surface area contributed by atoms with Crippen molar-refractivity contribution in [2.24, 2.45) is 0 Å². The zero-order valence-electron chi connectivity index (χ0n) is 27.5. The van der Waals surface area contributed by atoms with Gasteiger partial charge in [-0.15, -0.1) is 18.7 Å². The maximum absolute atomic E-state index is 15.7. The van der Waals surface area contributed by atoms with E-state index in [1.54, 1.807) is 37.2 Å². The number of rotatable bonds is 19. The first kappa shape index (κ1) is 38.3. The van der Waals surface area contributed by atoms with Gasteiger partial charge in [-0.1, -0.05) is 0 Å². The van der Waals surface area contributed by atoms with Gasteiger partial charge in [-0.25, -0.2) is 28.7 Å². The van der Waals surface area contributed by atoms with Crippen molar-refractivity contribution < 1.29 is 66.4 Å². The molecule has 48 heavy (non-hydrogen) atoms. The third kappa shape index (κ3) is 8.28. The van der Waals surface area contributed by atoms with E-state index < -0.39 is 43.4 Å². The van der Waals surface area contributed by atoms with Gasteiger partial charge in [-0.3, -0.25) is 18.8 Å². The highest BCUT2D eigenvalue weighted by molar-refractivity contribution is 7.72. The predicted molar refractivity (Wildman–Crippen MR) is 168 cm³/mol. The fourth-order valence-electron chi connectivity index (χ4n) is 5.37. The normalized spacial score (nSPS) is 17.3. The Labute approximate surface area is 276 Å². The summed E-state index contributed by atoms with van der Waals surface area (Å²) in [4.78, 5) is 48.2. The summed E-state index contributed by atoms with van der Waals surface area (Å²) in [5, 5.41) is 7.85. The Morgan fingerprint density at radius 2 is 1.48 bits per heavy atom. The molecule has 0 aliphatic carbocycles. The summed E-state index contributed by atoms with van der Waals surface area (Å²) < 4.78 is 71.8. The molecule has 2 aliphatic rings. The minimum absolute atomic E-state index is 0.0239. The Morgan fingerprint density at radius 1 is 0.958 bits per heavy atom.